The van der Waals surface area contributed by atoms with Crippen molar-refractivity contribution in [3.63, 3.8) is 0 Å². The van der Waals surface area contributed by atoms with Crippen molar-refractivity contribution in [2.75, 3.05) is 0 Å². The molecular weight excluding hydrogens is 354 g/mol. The van der Waals surface area contributed by atoms with Crippen LogP contribution in [-0.4, -0.2) is 20.7 Å². The number of carbonyl (C=O) groups excluding carboxylic acids is 1. The zero-order valence-corrected chi connectivity index (χ0v) is 13.7. The van der Waals surface area contributed by atoms with Crippen molar-refractivity contribution >= 4 is 16.8 Å². The maximum Gasteiger partial charge on any atom is 0.259 e. The fourth-order valence-corrected chi connectivity index (χ4v) is 2.96. The third kappa shape index (κ3) is 2.67. The largest absolute Gasteiger partial charge is 0.366 e. The van der Waals surface area contributed by atoms with Crippen LogP contribution >= 0.6 is 0 Å². The van der Waals surface area contributed by atoms with Crippen molar-refractivity contribution in [3.05, 3.63) is 82.3 Å². The molecule has 0 aliphatic carbocycles. The second-order valence-electron chi connectivity index (χ2n) is 5.84. The second kappa shape index (κ2) is 6.17. The number of nitrogens with one attached hydrogen (secondary N) is 1. The van der Waals surface area contributed by atoms with Gasteiger partial charge in [0.1, 0.15) is 11.4 Å². The lowest BCUT2D eigenvalue weighted by molar-refractivity contribution is 0.100. The van der Waals surface area contributed by atoms with Crippen molar-refractivity contribution in [2.24, 2.45) is 5.73 Å². The van der Waals surface area contributed by atoms with E-state index in [1.165, 1.54) is 30.5 Å². The van der Waals surface area contributed by atoms with E-state index in [1.807, 2.05) is 0 Å². The molecular formula is C19H12F2N4O2. The molecule has 0 spiro atoms. The topological polar surface area (TPSA) is 93.8 Å². The molecule has 0 aliphatic heterocycles. The van der Waals surface area contributed by atoms with Gasteiger partial charge in [0.2, 0.25) is 5.91 Å². The van der Waals surface area contributed by atoms with Gasteiger partial charge in [0, 0.05) is 17.3 Å². The lowest BCUT2D eigenvalue weighted by Crippen LogP contribution is -2.10. The van der Waals surface area contributed by atoms with Gasteiger partial charge >= 0.3 is 0 Å². The zero-order chi connectivity index (χ0) is 19.1. The van der Waals surface area contributed by atoms with Gasteiger partial charge in [-0.1, -0.05) is 18.2 Å². The Morgan fingerprint density at radius 1 is 1.07 bits per heavy atom. The Morgan fingerprint density at radius 3 is 2.48 bits per heavy atom. The summed E-state index contributed by atoms with van der Waals surface area (Å²) in [4.78, 5) is 26.4. The van der Waals surface area contributed by atoms with Gasteiger partial charge in [0.05, 0.1) is 10.9 Å². The average molecular weight is 366 g/mol. The van der Waals surface area contributed by atoms with Crippen molar-refractivity contribution in [1.82, 2.24) is 14.8 Å². The van der Waals surface area contributed by atoms with Crippen molar-refractivity contribution in [2.45, 2.75) is 0 Å². The Morgan fingerprint density at radius 2 is 1.78 bits per heavy atom. The SMILES string of the molecule is NC(=O)c1cccc(-c2nn(-c3c(F)cccc3F)c3cc[nH]c(=O)c23)c1. The molecule has 2 heterocycles. The normalized spacial score (nSPS) is 11.0. The number of hydrogen-bond acceptors (Lipinski definition) is 3. The average Bonchev–Trinajstić information content (AvgIpc) is 3.02. The number of rotatable bonds is 3. The summed E-state index contributed by atoms with van der Waals surface area (Å²) in [5, 5.41) is 4.42. The molecule has 1 amide bonds. The molecule has 8 heteroatoms. The van der Waals surface area contributed by atoms with Crippen LogP contribution in [0.5, 0.6) is 0 Å². The Hall–Kier alpha value is -3.81. The first-order chi connectivity index (χ1) is 13.0. The highest BCUT2D eigenvalue weighted by atomic mass is 19.1. The van der Waals surface area contributed by atoms with E-state index in [4.69, 9.17) is 5.73 Å². The number of para-hydroxylation sites is 1. The number of pyridine rings is 1. The van der Waals surface area contributed by atoms with E-state index in [9.17, 15) is 18.4 Å². The third-order valence-corrected chi connectivity index (χ3v) is 4.17. The fraction of sp³-hybridized carbons (Fsp3) is 0. The molecule has 0 fully saturated rings. The van der Waals surface area contributed by atoms with Crippen LogP contribution in [0, 0.1) is 11.6 Å². The van der Waals surface area contributed by atoms with E-state index in [0.717, 1.165) is 16.8 Å². The van der Waals surface area contributed by atoms with Gasteiger partial charge in [-0.2, -0.15) is 5.10 Å². The number of H-pyrrole nitrogens is 1. The molecule has 0 saturated heterocycles. The number of carbonyl (C=O) groups is 1. The van der Waals surface area contributed by atoms with Crippen LogP contribution in [0.2, 0.25) is 0 Å². The highest BCUT2D eigenvalue weighted by Gasteiger charge is 2.21. The zero-order valence-electron chi connectivity index (χ0n) is 13.7. The summed E-state index contributed by atoms with van der Waals surface area (Å²) in [6.45, 7) is 0. The predicted molar refractivity (Wildman–Crippen MR) is 95.6 cm³/mol. The molecule has 4 rings (SSSR count). The molecule has 0 saturated carbocycles. The Kier molecular flexibility index (Phi) is 3.80. The molecule has 0 atom stereocenters. The lowest BCUT2D eigenvalue weighted by Gasteiger charge is -2.06. The van der Waals surface area contributed by atoms with Gasteiger partial charge in [0.25, 0.3) is 5.56 Å². The quantitative estimate of drug-likeness (QED) is 0.584. The number of amides is 1. The van der Waals surface area contributed by atoms with Gasteiger partial charge in [-0.05, 0) is 30.3 Å². The van der Waals surface area contributed by atoms with E-state index < -0.39 is 28.8 Å². The number of nitrogens with two attached hydrogens (primary N) is 1. The highest BCUT2D eigenvalue weighted by molar-refractivity contribution is 5.97. The summed E-state index contributed by atoms with van der Waals surface area (Å²) in [6, 6.07) is 11.1. The van der Waals surface area contributed by atoms with E-state index in [-0.39, 0.29) is 22.2 Å². The minimum absolute atomic E-state index is 0.141. The molecule has 0 radical (unpaired) electrons. The number of aromatic nitrogens is 3. The Labute approximate surface area is 150 Å². The number of benzene rings is 2. The first-order valence-electron chi connectivity index (χ1n) is 7.92. The molecule has 2 aromatic heterocycles. The van der Waals surface area contributed by atoms with Crippen LogP contribution in [0.4, 0.5) is 8.78 Å². The first kappa shape index (κ1) is 16.6. The molecule has 0 aliphatic rings. The van der Waals surface area contributed by atoms with Gasteiger partial charge in [-0.15, -0.1) is 0 Å². The maximum atomic E-state index is 14.3. The number of aromatic amines is 1. The first-order valence-corrected chi connectivity index (χ1v) is 7.92. The summed E-state index contributed by atoms with van der Waals surface area (Å²) in [5.74, 6) is -2.29. The van der Waals surface area contributed by atoms with Crippen molar-refractivity contribution < 1.29 is 13.6 Å². The third-order valence-electron chi connectivity index (χ3n) is 4.17. The van der Waals surface area contributed by atoms with Gasteiger partial charge in [-0.25, -0.2) is 13.5 Å². The number of fused-ring (bicyclic) bond motifs is 1. The molecule has 6 nitrogen and oxygen atoms in total. The minimum Gasteiger partial charge on any atom is -0.366 e. The van der Waals surface area contributed by atoms with Gasteiger partial charge in [-0.3, -0.25) is 9.59 Å². The molecule has 0 unspecified atom stereocenters. The van der Waals surface area contributed by atoms with Crippen LogP contribution in [0.1, 0.15) is 10.4 Å². The van der Waals surface area contributed by atoms with Crippen molar-refractivity contribution in [3.8, 4) is 16.9 Å². The fourth-order valence-electron chi connectivity index (χ4n) is 2.96. The van der Waals surface area contributed by atoms with Crippen LogP contribution in [0.15, 0.2) is 59.5 Å². The molecule has 4 aromatic rings. The maximum absolute atomic E-state index is 14.3. The number of primary amides is 1. The van der Waals surface area contributed by atoms with E-state index in [0.29, 0.717) is 5.56 Å². The summed E-state index contributed by atoms with van der Waals surface area (Å²) in [6.07, 6.45) is 1.37. The lowest BCUT2D eigenvalue weighted by atomic mass is 10.1. The second-order valence-corrected chi connectivity index (χ2v) is 5.84. The van der Waals surface area contributed by atoms with E-state index in [2.05, 4.69) is 10.1 Å². The highest BCUT2D eigenvalue weighted by Crippen LogP contribution is 2.29. The molecule has 0 bridgehead atoms. The van der Waals surface area contributed by atoms with Gasteiger partial charge < -0.3 is 10.7 Å². The summed E-state index contributed by atoms with van der Waals surface area (Å²) in [5.41, 5.74) is 5.48. The molecule has 134 valence electrons. The molecule has 3 N–H and O–H groups in total. The van der Waals surface area contributed by atoms with Crippen molar-refractivity contribution in [1.29, 1.82) is 0 Å². The standard InChI is InChI=1S/C19H12F2N4O2/c20-12-5-2-6-13(21)17(12)25-14-7-8-23-19(27)15(14)16(24-25)10-3-1-4-11(9-10)18(22)26/h1-9H,(H2,22,26)(H,23,27). The number of hydrogen-bond donors (Lipinski definition) is 2. The van der Waals surface area contributed by atoms with Crippen LogP contribution in [0.3, 0.4) is 0 Å². The Bertz CT molecular complexity index is 1240. The summed E-state index contributed by atoms with van der Waals surface area (Å²) in [7, 11) is 0. The van der Waals surface area contributed by atoms with Crippen LogP contribution in [-0.2, 0) is 0 Å². The van der Waals surface area contributed by atoms with E-state index >= 15 is 0 Å². The predicted octanol–water partition coefficient (Wildman–Crippen LogP) is 2.76. The summed E-state index contributed by atoms with van der Waals surface area (Å²) >= 11 is 0. The smallest absolute Gasteiger partial charge is 0.259 e. The monoisotopic (exact) mass is 366 g/mol. The Balaban J connectivity index is 2.08. The number of nitrogens with zero attached hydrogens (tertiary/aromatic N) is 2. The summed E-state index contributed by atoms with van der Waals surface area (Å²) < 4.78 is 29.6. The molecule has 2 aromatic carbocycles. The number of halogens is 2. The minimum atomic E-state index is -0.822. The van der Waals surface area contributed by atoms with Crippen LogP contribution < -0.4 is 11.3 Å². The van der Waals surface area contributed by atoms with E-state index in [1.54, 1.807) is 12.1 Å². The molecule has 27 heavy (non-hydrogen) atoms. The van der Waals surface area contributed by atoms with Gasteiger partial charge in [0.15, 0.2) is 11.6 Å². The van der Waals surface area contributed by atoms with Crippen LogP contribution in [0.25, 0.3) is 27.8 Å².